The molecule has 0 aliphatic carbocycles. The van der Waals surface area contributed by atoms with Gasteiger partial charge < -0.3 is 30.1 Å². The molecule has 0 radical (unpaired) electrons. The largest absolute Gasteiger partial charge is 0.407 e. The molecule has 436 valence electrons. The van der Waals surface area contributed by atoms with Gasteiger partial charge in [-0.1, -0.05) is 145 Å². The highest BCUT2D eigenvalue weighted by molar-refractivity contribution is 8.64. The Balaban J connectivity index is 0. The zero-order valence-electron chi connectivity index (χ0n) is 49.1. The van der Waals surface area contributed by atoms with Gasteiger partial charge in [0.1, 0.15) is 12.2 Å². The Bertz CT molecular complexity index is 1860. The zero-order chi connectivity index (χ0) is 57.5. The van der Waals surface area contributed by atoms with Crippen molar-refractivity contribution in [2.75, 3.05) is 13.1 Å². The maximum Gasteiger partial charge on any atom is 0.247 e. The fraction of sp³-hybridized carbons (Fsp3) is 0.891. The van der Waals surface area contributed by atoms with E-state index < -0.39 is 22.7 Å². The van der Waals surface area contributed by atoms with Gasteiger partial charge in [0.05, 0.1) is 12.2 Å². The summed E-state index contributed by atoms with van der Waals surface area (Å²) >= 11 is 9.03. The topological polar surface area (TPSA) is 181 Å². The van der Waals surface area contributed by atoms with E-state index in [1.165, 1.54) is 74.0 Å². The number of hydrogen-bond donors (Lipinski definition) is 4. The highest BCUT2D eigenvalue weighted by Crippen LogP contribution is 2.40. The van der Waals surface area contributed by atoms with Gasteiger partial charge in [-0.2, -0.15) is 20.5 Å². The van der Waals surface area contributed by atoms with Crippen LogP contribution in [0.1, 0.15) is 229 Å². The molecule has 0 saturated carbocycles. The van der Waals surface area contributed by atoms with Crippen molar-refractivity contribution in [1.29, 1.82) is 0 Å². The molecule has 75 heavy (non-hydrogen) atoms. The van der Waals surface area contributed by atoms with E-state index in [0.717, 1.165) is 109 Å². The molecule has 0 saturated heterocycles. The van der Waals surface area contributed by atoms with Crippen molar-refractivity contribution in [3.8, 4) is 24.7 Å². The monoisotopic (exact) mass is 1190 g/mol. The first-order chi connectivity index (χ1) is 35.2. The van der Waals surface area contributed by atoms with E-state index >= 15 is 0 Å². The van der Waals surface area contributed by atoms with Crippen LogP contribution in [0.2, 0.25) is 36.3 Å². The summed E-state index contributed by atoms with van der Waals surface area (Å²) in [6.45, 7) is 29.2. The van der Waals surface area contributed by atoms with Gasteiger partial charge in [0.15, 0.2) is 33.7 Å². The number of nitrogens with zero attached hydrogens (tertiary/aromatic N) is 4. The Morgan fingerprint density at radius 2 is 0.960 bits per heavy atom. The van der Waals surface area contributed by atoms with Crippen molar-refractivity contribution in [1.82, 2.24) is 5.32 Å². The standard InChI is InChI=1S/C27H51N3O3Si.C21H44O3Si.C7H11N3.S6/c1-8-10-12-14-17-23(31)18-15-13-16-19-24(33-34(6,7)26(3,4)5)25(32)28-22-21-27(29-30-27)20-11-9-2;1-8-9-10-12-15-19(23)16-13-11-14-17-20(18(2)22)24-25(6,7)21(3,4)5;1-2-3-4-7(5-6-8)9-10-7;1-3-5-6-4-2/h2,23-24,31H,8,10-22H2,1,3-7H3,(H,28,32);19-20,23H,8-17H2,1-7H3;1H,3-6,8H2;/t23-,24-;19-,20-;;/m11../s1. The van der Waals surface area contributed by atoms with Crippen LogP contribution in [0.4, 0.5) is 0 Å². The third-order valence-electron chi connectivity index (χ3n) is 14.6. The predicted octanol–water partition coefficient (Wildman–Crippen LogP) is 13.9. The van der Waals surface area contributed by atoms with Gasteiger partial charge in [-0.15, -0.1) is 24.7 Å². The first-order valence-corrected chi connectivity index (χ1v) is 40.6. The molecule has 1 amide bonds. The Labute approximate surface area is 481 Å². The second-order valence-corrected chi connectivity index (χ2v) is 39.8. The summed E-state index contributed by atoms with van der Waals surface area (Å²) in [5.74, 6) is 5.32. The third-order valence-corrected chi connectivity index (χ3v) is 30.2. The Morgan fingerprint density at radius 3 is 1.28 bits per heavy atom. The van der Waals surface area contributed by atoms with Gasteiger partial charge >= 0.3 is 0 Å². The molecule has 0 aromatic carbocycles. The Kier molecular flexibility index (Phi) is 43.5. The second kappa shape index (κ2) is 42.8. The van der Waals surface area contributed by atoms with Crippen molar-refractivity contribution < 1.29 is 28.7 Å². The molecule has 0 bridgehead atoms. The number of carbonyl (C=O) groups is 2. The number of nitrogens with one attached hydrogen (secondary N) is 1. The number of ketones is 1. The number of carbonyl (C=O) groups excluding carboxylic acids is 2. The number of hydrogen-bond acceptors (Lipinski definition) is 13. The number of rotatable bonds is 37. The van der Waals surface area contributed by atoms with Crippen LogP contribution in [0.5, 0.6) is 0 Å². The number of aliphatic hydroxyl groups is 2. The van der Waals surface area contributed by atoms with Crippen molar-refractivity contribution in [3.63, 3.8) is 0 Å². The summed E-state index contributed by atoms with van der Waals surface area (Å²) in [5, 5.41) is 39.6. The Morgan fingerprint density at radius 1 is 0.613 bits per heavy atom. The molecule has 0 spiro atoms. The Hall–Kier alpha value is -0.986. The fourth-order valence-corrected chi connectivity index (χ4v) is 15.5. The molecule has 2 aliphatic heterocycles. The van der Waals surface area contributed by atoms with Crippen molar-refractivity contribution in [2.24, 2.45) is 26.2 Å². The van der Waals surface area contributed by atoms with E-state index in [4.69, 9.17) is 27.4 Å². The van der Waals surface area contributed by atoms with Crippen LogP contribution < -0.4 is 11.1 Å². The summed E-state index contributed by atoms with van der Waals surface area (Å²) in [7, 11) is 1.65. The van der Waals surface area contributed by atoms with Crippen LogP contribution in [0.15, 0.2) is 20.5 Å². The molecule has 2 aliphatic rings. The van der Waals surface area contributed by atoms with E-state index in [1.807, 2.05) is 0 Å². The van der Waals surface area contributed by atoms with Crippen molar-refractivity contribution in [2.45, 2.75) is 301 Å². The third kappa shape index (κ3) is 39.1. The van der Waals surface area contributed by atoms with Crippen LogP contribution >= 0.6 is 0 Å². The zero-order valence-corrected chi connectivity index (χ0v) is 56.0. The average molecular weight is 1200 g/mol. The lowest BCUT2D eigenvalue weighted by atomic mass is 10.0. The molecular weight excluding hydrogens is 1090 g/mol. The predicted molar refractivity (Wildman–Crippen MR) is 337 cm³/mol. The highest BCUT2D eigenvalue weighted by Gasteiger charge is 2.43. The van der Waals surface area contributed by atoms with Gasteiger partial charge in [-0.25, -0.2) is 0 Å². The molecule has 2 rings (SSSR count). The minimum atomic E-state index is -2.08. The van der Waals surface area contributed by atoms with Crippen molar-refractivity contribution >= 4 is 86.2 Å². The number of amides is 1. The minimum absolute atomic E-state index is 0.0338. The van der Waals surface area contributed by atoms with E-state index in [2.05, 4.69) is 142 Å². The number of terminal acetylenes is 2. The summed E-state index contributed by atoms with van der Waals surface area (Å²) < 4.78 is 12.8. The van der Waals surface area contributed by atoms with Gasteiger partial charge in [-0.3, -0.25) is 9.59 Å². The molecule has 0 unspecified atom stereocenters. The summed E-state index contributed by atoms with van der Waals surface area (Å²) in [5.41, 5.74) is 4.81. The van der Waals surface area contributed by atoms with E-state index in [9.17, 15) is 19.8 Å². The summed E-state index contributed by atoms with van der Waals surface area (Å²) in [6, 6.07) is 0. The normalized spacial score (nSPS) is 15.5. The van der Waals surface area contributed by atoms with Crippen LogP contribution in [0, 0.1) is 24.7 Å². The van der Waals surface area contributed by atoms with E-state index in [-0.39, 0.29) is 51.4 Å². The first-order valence-electron chi connectivity index (χ1n) is 28.1. The van der Waals surface area contributed by atoms with Gasteiger partial charge in [-0.05, 0) is 88.3 Å². The van der Waals surface area contributed by atoms with Gasteiger partial charge in [0.2, 0.25) is 5.91 Å². The maximum absolute atomic E-state index is 13.1. The number of unbranched alkanes of at least 4 members (excludes halogenated alkanes) is 10. The lowest BCUT2D eigenvalue weighted by molar-refractivity contribution is -0.129. The molecule has 12 nitrogen and oxygen atoms in total. The van der Waals surface area contributed by atoms with Gasteiger partial charge in [0, 0.05) is 103 Å². The van der Waals surface area contributed by atoms with Gasteiger partial charge in [0.25, 0.3) is 0 Å². The van der Waals surface area contributed by atoms with Crippen LogP contribution in [-0.4, -0.2) is 87.4 Å². The second-order valence-electron chi connectivity index (χ2n) is 23.3. The molecule has 4 atom stereocenters. The fourth-order valence-electron chi connectivity index (χ4n) is 7.42. The molecule has 0 fully saturated rings. The molecule has 0 aromatic heterocycles. The quantitative estimate of drug-likeness (QED) is 0.0267. The number of nitrogens with two attached hydrogens (primary N) is 1. The molecular formula is C55H106N6O6S6Si2. The maximum atomic E-state index is 13.1. The van der Waals surface area contributed by atoms with E-state index in [0.29, 0.717) is 32.4 Å². The molecule has 2 heterocycles. The number of aliphatic hydroxyl groups excluding tert-OH is 2. The molecule has 0 aromatic rings. The van der Waals surface area contributed by atoms with Crippen LogP contribution in [0.25, 0.3) is 0 Å². The van der Waals surface area contributed by atoms with E-state index in [1.54, 1.807) is 6.92 Å². The van der Waals surface area contributed by atoms with Crippen molar-refractivity contribution in [3.05, 3.63) is 0 Å². The summed E-state index contributed by atoms with van der Waals surface area (Å²) in [4.78, 5) is 25.0. The lowest BCUT2D eigenvalue weighted by Crippen LogP contribution is -2.49. The highest BCUT2D eigenvalue weighted by atomic mass is 33.3. The molecule has 5 N–H and O–H groups in total. The minimum Gasteiger partial charge on any atom is -0.407 e. The lowest BCUT2D eigenvalue weighted by Gasteiger charge is -2.39. The average Bonchev–Trinajstić information content (AvgIpc) is 4.29. The summed E-state index contributed by atoms with van der Waals surface area (Å²) in [6.07, 6.45) is 34.8. The van der Waals surface area contributed by atoms with Crippen LogP contribution in [0.3, 0.4) is 0 Å². The number of Topliss-reactive ketones (excluding diaryl/α,β-unsaturated/α-hetero) is 1. The SMILES string of the molecule is C#CCCC1(CCN)N=N1.C#CCCC1(CCNC(=O)[C@@H](CCCCC[C@H](O)CCCCCC)O[Si](C)(C)C(C)(C)C)N=N1.CCCCCC[C@@H](O)CCCCC[C@@H](O[Si](C)(C)C(C)(C)C)C(C)=O.S=S=S=S=S=S. The smallest absolute Gasteiger partial charge is 0.247 e. The van der Waals surface area contributed by atoms with Crippen LogP contribution in [-0.2, 0) is 76.3 Å². The molecule has 20 heteroatoms. The first kappa shape index (κ1) is 76.1.